The summed E-state index contributed by atoms with van der Waals surface area (Å²) >= 11 is 0. The SMILES string of the molecule is [c]1cc2c(c(Oc3ccccc3)c1Oc1ccccc1)C(Oc1ccccc1)CNC2. The lowest BCUT2D eigenvalue weighted by Crippen LogP contribution is -2.31. The zero-order chi connectivity index (χ0) is 20.9. The summed E-state index contributed by atoms with van der Waals surface area (Å²) in [5, 5.41) is 3.43. The Hall–Kier alpha value is -3.76. The molecule has 4 nitrogen and oxygen atoms in total. The molecule has 0 saturated heterocycles. The van der Waals surface area contributed by atoms with Crippen molar-refractivity contribution < 1.29 is 14.2 Å². The molecule has 1 N–H and O–H groups in total. The van der Waals surface area contributed by atoms with Crippen LogP contribution in [0, 0.1) is 6.07 Å². The average molecular weight is 408 g/mol. The molecule has 31 heavy (non-hydrogen) atoms. The molecule has 0 aliphatic carbocycles. The Bertz CT molecular complexity index is 1130. The standard InChI is InChI=1S/C27H22NO3/c1-4-10-21(11-5-1)29-24-17-16-20-18-28-19-25(30-22-12-6-2-7-13-22)26(20)27(24)31-23-14-8-3-9-15-23/h1-16,25,28H,18-19H2. The first-order chi connectivity index (χ1) is 15.4. The Morgan fingerprint density at radius 2 is 1.29 bits per heavy atom. The second kappa shape index (κ2) is 8.94. The minimum Gasteiger partial charge on any atom is -0.484 e. The molecule has 1 unspecified atom stereocenters. The summed E-state index contributed by atoms with van der Waals surface area (Å²) in [4.78, 5) is 0. The van der Waals surface area contributed by atoms with Crippen molar-refractivity contribution in [2.75, 3.05) is 6.54 Å². The number of ether oxygens (including phenoxy) is 3. The lowest BCUT2D eigenvalue weighted by molar-refractivity contribution is 0.187. The second-order valence-electron chi connectivity index (χ2n) is 7.27. The minimum atomic E-state index is -0.224. The van der Waals surface area contributed by atoms with E-state index in [2.05, 4.69) is 11.4 Å². The summed E-state index contributed by atoms with van der Waals surface area (Å²) in [6.45, 7) is 1.39. The van der Waals surface area contributed by atoms with Gasteiger partial charge in [0.1, 0.15) is 23.4 Å². The Morgan fingerprint density at radius 1 is 0.710 bits per heavy atom. The number of hydrogen-bond acceptors (Lipinski definition) is 4. The first-order valence-corrected chi connectivity index (χ1v) is 10.3. The number of hydrogen-bond donors (Lipinski definition) is 1. The number of fused-ring (bicyclic) bond motifs is 1. The smallest absolute Gasteiger partial charge is 0.178 e. The molecule has 4 aromatic rings. The van der Waals surface area contributed by atoms with E-state index in [0.717, 1.165) is 34.9 Å². The average Bonchev–Trinajstić information content (AvgIpc) is 2.83. The van der Waals surface area contributed by atoms with Gasteiger partial charge in [0.05, 0.1) is 0 Å². The third-order valence-corrected chi connectivity index (χ3v) is 5.09. The molecule has 0 aromatic heterocycles. The maximum absolute atomic E-state index is 6.38. The Morgan fingerprint density at radius 3 is 1.94 bits per heavy atom. The first kappa shape index (κ1) is 19.2. The molecular formula is C27H22NO3. The van der Waals surface area contributed by atoms with Gasteiger partial charge in [0, 0.05) is 24.7 Å². The van der Waals surface area contributed by atoms with E-state index in [1.54, 1.807) is 0 Å². The molecule has 0 spiro atoms. The van der Waals surface area contributed by atoms with Crippen LogP contribution in [0.3, 0.4) is 0 Å². The molecule has 5 rings (SSSR count). The van der Waals surface area contributed by atoms with Crippen LogP contribution in [0.5, 0.6) is 28.7 Å². The van der Waals surface area contributed by atoms with Crippen LogP contribution in [0.25, 0.3) is 0 Å². The normalized spacial score (nSPS) is 15.0. The monoisotopic (exact) mass is 408 g/mol. The number of benzene rings is 4. The Labute approximate surface area is 182 Å². The van der Waals surface area contributed by atoms with Gasteiger partial charge in [0.25, 0.3) is 0 Å². The summed E-state index contributed by atoms with van der Waals surface area (Å²) in [6, 6.07) is 34.5. The highest BCUT2D eigenvalue weighted by Gasteiger charge is 2.29. The number of rotatable bonds is 6. The topological polar surface area (TPSA) is 39.7 Å². The second-order valence-corrected chi connectivity index (χ2v) is 7.27. The molecule has 0 amide bonds. The lowest BCUT2D eigenvalue weighted by atomic mass is 9.96. The fourth-order valence-electron chi connectivity index (χ4n) is 3.66. The van der Waals surface area contributed by atoms with Crippen molar-refractivity contribution >= 4 is 0 Å². The molecule has 1 radical (unpaired) electrons. The van der Waals surface area contributed by atoms with Gasteiger partial charge in [-0.1, -0.05) is 54.6 Å². The van der Waals surface area contributed by atoms with Crippen molar-refractivity contribution in [3.63, 3.8) is 0 Å². The van der Waals surface area contributed by atoms with Crippen LogP contribution in [0.4, 0.5) is 0 Å². The molecule has 0 saturated carbocycles. The number of nitrogens with one attached hydrogen (secondary N) is 1. The van der Waals surface area contributed by atoms with Gasteiger partial charge in [-0.15, -0.1) is 0 Å². The van der Waals surface area contributed by atoms with Crippen LogP contribution in [0.15, 0.2) is 97.1 Å². The van der Waals surface area contributed by atoms with Gasteiger partial charge in [-0.25, -0.2) is 0 Å². The fraction of sp³-hybridized carbons (Fsp3) is 0.111. The van der Waals surface area contributed by atoms with Gasteiger partial charge in [0.2, 0.25) is 0 Å². The Kier molecular flexibility index (Phi) is 5.54. The van der Waals surface area contributed by atoms with Crippen molar-refractivity contribution in [1.29, 1.82) is 0 Å². The highest BCUT2D eigenvalue weighted by Crippen LogP contribution is 2.44. The minimum absolute atomic E-state index is 0.224. The van der Waals surface area contributed by atoms with E-state index in [9.17, 15) is 0 Å². The van der Waals surface area contributed by atoms with Crippen molar-refractivity contribution in [3.05, 3.63) is 114 Å². The van der Waals surface area contributed by atoms with Crippen LogP contribution in [0.1, 0.15) is 17.2 Å². The molecule has 1 aliphatic rings. The van der Waals surface area contributed by atoms with Crippen molar-refractivity contribution in [1.82, 2.24) is 5.32 Å². The first-order valence-electron chi connectivity index (χ1n) is 10.3. The van der Waals surface area contributed by atoms with E-state index in [1.807, 2.05) is 97.1 Å². The largest absolute Gasteiger partial charge is 0.484 e. The van der Waals surface area contributed by atoms with E-state index in [-0.39, 0.29) is 6.10 Å². The molecule has 1 aliphatic heterocycles. The third-order valence-electron chi connectivity index (χ3n) is 5.09. The van der Waals surface area contributed by atoms with Crippen molar-refractivity contribution in [2.24, 2.45) is 0 Å². The number of para-hydroxylation sites is 3. The fourth-order valence-corrected chi connectivity index (χ4v) is 3.66. The van der Waals surface area contributed by atoms with E-state index in [4.69, 9.17) is 14.2 Å². The maximum atomic E-state index is 6.38. The molecule has 0 bridgehead atoms. The van der Waals surface area contributed by atoms with Gasteiger partial charge in [-0.2, -0.15) is 0 Å². The predicted molar refractivity (Wildman–Crippen MR) is 120 cm³/mol. The molecule has 0 fully saturated rings. The van der Waals surface area contributed by atoms with E-state index in [1.165, 1.54) is 0 Å². The van der Waals surface area contributed by atoms with Crippen molar-refractivity contribution in [3.8, 4) is 28.7 Å². The summed E-state index contributed by atoms with van der Waals surface area (Å²) in [5.74, 6) is 3.45. The molecule has 1 atom stereocenters. The highest BCUT2D eigenvalue weighted by molar-refractivity contribution is 5.55. The Balaban J connectivity index is 1.58. The van der Waals surface area contributed by atoms with Crippen LogP contribution >= 0.6 is 0 Å². The zero-order valence-electron chi connectivity index (χ0n) is 17.0. The summed E-state index contributed by atoms with van der Waals surface area (Å²) in [5.41, 5.74) is 2.06. The van der Waals surface area contributed by atoms with Crippen molar-refractivity contribution in [2.45, 2.75) is 12.6 Å². The van der Waals surface area contributed by atoms with Gasteiger partial charge < -0.3 is 19.5 Å². The van der Waals surface area contributed by atoms with Gasteiger partial charge in [-0.3, -0.25) is 0 Å². The summed E-state index contributed by atoms with van der Waals surface area (Å²) in [7, 11) is 0. The van der Waals surface area contributed by atoms with E-state index >= 15 is 0 Å². The zero-order valence-corrected chi connectivity index (χ0v) is 17.0. The lowest BCUT2D eigenvalue weighted by Gasteiger charge is -2.30. The van der Waals surface area contributed by atoms with Crippen LogP contribution in [-0.2, 0) is 6.54 Å². The van der Waals surface area contributed by atoms with Crippen LogP contribution in [-0.4, -0.2) is 6.54 Å². The van der Waals surface area contributed by atoms with Crippen LogP contribution < -0.4 is 19.5 Å². The quantitative estimate of drug-likeness (QED) is 0.407. The maximum Gasteiger partial charge on any atom is 0.178 e. The predicted octanol–water partition coefficient (Wildman–Crippen LogP) is 6.29. The van der Waals surface area contributed by atoms with E-state index in [0.29, 0.717) is 18.0 Å². The van der Waals surface area contributed by atoms with Gasteiger partial charge in [0.15, 0.2) is 11.5 Å². The third kappa shape index (κ3) is 4.39. The molecular weight excluding hydrogens is 386 g/mol. The molecule has 4 heteroatoms. The van der Waals surface area contributed by atoms with Gasteiger partial charge >= 0.3 is 0 Å². The molecule has 1 heterocycles. The summed E-state index contributed by atoms with van der Waals surface area (Å²) in [6.07, 6.45) is -0.224. The highest BCUT2D eigenvalue weighted by atomic mass is 16.5. The van der Waals surface area contributed by atoms with E-state index < -0.39 is 0 Å². The summed E-state index contributed by atoms with van der Waals surface area (Å²) < 4.78 is 18.9. The van der Waals surface area contributed by atoms with Gasteiger partial charge in [-0.05, 0) is 48.0 Å². The van der Waals surface area contributed by atoms with Crippen LogP contribution in [0.2, 0.25) is 0 Å². The molecule has 153 valence electrons. The molecule has 4 aromatic carbocycles.